The van der Waals surface area contributed by atoms with Gasteiger partial charge in [-0.1, -0.05) is 30.3 Å². The van der Waals surface area contributed by atoms with E-state index >= 15 is 0 Å². The number of fused-ring (bicyclic) bond motifs is 1. The Morgan fingerprint density at radius 3 is 2.92 bits per heavy atom. The third-order valence-corrected chi connectivity index (χ3v) is 4.56. The molecule has 1 fully saturated rings. The molecule has 0 spiro atoms. The van der Waals surface area contributed by atoms with E-state index in [0.29, 0.717) is 19.0 Å². The molecule has 2 amide bonds. The molecule has 0 bridgehead atoms. The predicted molar refractivity (Wildman–Crippen MR) is 103 cm³/mol. The molecule has 1 saturated heterocycles. The summed E-state index contributed by atoms with van der Waals surface area (Å²) >= 11 is 0. The molecule has 2 aromatic carbocycles. The van der Waals surface area contributed by atoms with E-state index in [9.17, 15) is 4.79 Å². The molecule has 5 nitrogen and oxygen atoms in total. The summed E-state index contributed by atoms with van der Waals surface area (Å²) in [4.78, 5) is 18.8. The van der Waals surface area contributed by atoms with Crippen molar-refractivity contribution >= 4 is 22.6 Å². The van der Waals surface area contributed by atoms with Crippen molar-refractivity contribution in [2.24, 2.45) is 0 Å². The molecule has 0 unspecified atom stereocenters. The third-order valence-electron chi connectivity index (χ3n) is 4.56. The Morgan fingerprint density at radius 1 is 1.15 bits per heavy atom. The standard InChI is InChI=1S/C21H21N3O2/c1-15-5-4-7-17(13-15)22-21(25)24-12-11-18(14-24)26-20-10-9-16-6-2-3-8-19(16)23-20/h2-10,13,18H,11-12,14H2,1H3,(H,22,25)/t18-/m1/s1. The topological polar surface area (TPSA) is 54.5 Å². The molecule has 0 radical (unpaired) electrons. The van der Waals surface area contributed by atoms with Crippen LogP contribution in [0.15, 0.2) is 60.7 Å². The van der Waals surface area contributed by atoms with Gasteiger partial charge in [0, 0.05) is 30.1 Å². The fourth-order valence-corrected chi connectivity index (χ4v) is 3.22. The molecule has 3 aromatic rings. The average Bonchev–Trinajstić information content (AvgIpc) is 3.10. The fraction of sp³-hybridized carbons (Fsp3) is 0.238. The summed E-state index contributed by atoms with van der Waals surface area (Å²) in [5, 5.41) is 4.04. The number of pyridine rings is 1. The highest BCUT2D eigenvalue weighted by molar-refractivity contribution is 5.89. The largest absolute Gasteiger partial charge is 0.472 e. The first-order valence-electron chi connectivity index (χ1n) is 8.82. The van der Waals surface area contributed by atoms with Crippen LogP contribution in [-0.2, 0) is 0 Å². The van der Waals surface area contributed by atoms with E-state index in [1.54, 1.807) is 4.90 Å². The Balaban J connectivity index is 1.37. The number of carbonyl (C=O) groups is 1. The van der Waals surface area contributed by atoms with Crippen molar-refractivity contribution in [3.05, 3.63) is 66.2 Å². The van der Waals surface area contributed by atoms with Gasteiger partial charge in [0.15, 0.2) is 0 Å². The molecule has 0 aliphatic carbocycles. The van der Waals surface area contributed by atoms with Crippen LogP contribution in [0, 0.1) is 6.92 Å². The van der Waals surface area contributed by atoms with Crippen molar-refractivity contribution in [2.45, 2.75) is 19.4 Å². The van der Waals surface area contributed by atoms with Gasteiger partial charge in [-0.05, 0) is 36.8 Å². The van der Waals surface area contributed by atoms with Gasteiger partial charge in [-0.25, -0.2) is 9.78 Å². The predicted octanol–water partition coefficient (Wildman–Crippen LogP) is 4.23. The van der Waals surface area contributed by atoms with E-state index in [0.717, 1.165) is 28.6 Å². The summed E-state index contributed by atoms with van der Waals surface area (Å²) in [5.74, 6) is 0.606. The molecule has 2 heterocycles. The minimum absolute atomic E-state index is 0.0353. The minimum Gasteiger partial charge on any atom is -0.472 e. The molecule has 1 atom stereocenters. The average molecular weight is 347 g/mol. The van der Waals surface area contributed by atoms with E-state index in [2.05, 4.69) is 10.3 Å². The maximum Gasteiger partial charge on any atom is 0.321 e. The quantitative estimate of drug-likeness (QED) is 0.771. The fourth-order valence-electron chi connectivity index (χ4n) is 3.22. The number of ether oxygens (including phenoxy) is 1. The van der Waals surface area contributed by atoms with Crippen molar-refractivity contribution in [1.29, 1.82) is 0 Å². The Kier molecular flexibility index (Phi) is 4.44. The third kappa shape index (κ3) is 3.61. The number of anilines is 1. The number of carbonyl (C=O) groups excluding carboxylic acids is 1. The second-order valence-corrected chi connectivity index (χ2v) is 6.62. The highest BCUT2D eigenvalue weighted by Crippen LogP contribution is 2.21. The van der Waals surface area contributed by atoms with Gasteiger partial charge in [0.25, 0.3) is 0 Å². The first-order valence-corrected chi connectivity index (χ1v) is 8.82. The van der Waals surface area contributed by atoms with Crippen LogP contribution >= 0.6 is 0 Å². The number of aryl methyl sites for hydroxylation is 1. The zero-order chi connectivity index (χ0) is 17.9. The van der Waals surface area contributed by atoms with Crippen molar-refractivity contribution in [3.8, 4) is 5.88 Å². The van der Waals surface area contributed by atoms with Gasteiger partial charge in [0.1, 0.15) is 6.10 Å². The van der Waals surface area contributed by atoms with Gasteiger partial charge in [-0.15, -0.1) is 0 Å². The molecule has 1 aromatic heterocycles. The maximum absolute atomic E-state index is 12.4. The Bertz CT molecular complexity index is 941. The molecule has 132 valence electrons. The van der Waals surface area contributed by atoms with Gasteiger partial charge in [0.2, 0.25) is 5.88 Å². The summed E-state index contributed by atoms with van der Waals surface area (Å²) < 4.78 is 6.00. The lowest BCUT2D eigenvalue weighted by Crippen LogP contribution is -2.34. The van der Waals surface area contributed by atoms with E-state index in [1.165, 1.54) is 0 Å². The van der Waals surface area contributed by atoms with E-state index in [-0.39, 0.29) is 12.1 Å². The summed E-state index contributed by atoms with van der Waals surface area (Å²) in [5.41, 5.74) is 2.85. The number of rotatable bonds is 3. The zero-order valence-electron chi connectivity index (χ0n) is 14.7. The molecule has 4 rings (SSSR count). The number of nitrogens with one attached hydrogen (secondary N) is 1. The normalized spacial score (nSPS) is 16.7. The Labute approximate surface area is 152 Å². The van der Waals surface area contributed by atoms with Crippen LogP contribution in [0.25, 0.3) is 10.9 Å². The Hall–Kier alpha value is -3.08. The number of urea groups is 1. The first kappa shape index (κ1) is 16.4. The number of amides is 2. The number of aromatic nitrogens is 1. The van der Waals surface area contributed by atoms with E-state index in [4.69, 9.17) is 4.74 Å². The lowest BCUT2D eigenvalue weighted by atomic mass is 10.2. The van der Waals surface area contributed by atoms with Crippen LogP contribution in [0.5, 0.6) is 5.88 Å². The van der Waals surface area contributed by atoms with Gasteiger partial charge < -0.3 is 15.0 Å². The van der Waals surface area contributed by atoms with Crippen LogP contribution in [0.1, 0.15) is 12.0 Å². The number of benzene rings is 2. The minimum atomic E-state index is -0.0897. The van der Waals surface area contributed by atoms with Gasteiger partial charge in [0.05, 0.1) is 12.1 Å². The second kappa shape index (κ2) is 7.04. The van der Waals surface area contributed by atoms with Crippen molar-refractivity contribution < 1.29 is 9.53 Å². The summed E-state index contributed by atoms with van der Waals surface area (Å²) in [6.45, 7) is 3.24. The number of hydrogen-bond donors (Lipinski definition) is 1. The number of nitrogens with zero attached hydrogens (tertiary/aromatic N) is 2. The lowest BCUT2D eigenvalue weighted by Gasteiger charge is -2.18. The van der Waals surface area contributed by atoms with Gasteiger partial charge in [-0.3, -0.25) is 0 Å². The number of hydrogen-bond acceptors (Lipinski definition) is 3. The molecule has 0 saturated carbocycles. The van der Waals surface area contributed by atoms with Crippen molar-refractivity contribution in [2.75, 3.05) is 18.4 Å². The van der Waals surface area contributed by atoms with Crippen LogP contribution in [0.2, 0.25) is 0 Å². The lowest BCUT2D eigenvalue weighted by molar-refractivity contribution is 0.190. The van der Waals surface area contributed by atoms with Crippen LogP contribution in [0.4, 0.5) is 10.5 Å². The molecular formula is C21H21N3O2. The number of para-hydroxylation sites is 1. The molecule has 26 heavy (non-hydrogen) atoms. The molecular weight excluding hydrogens is 326 g/mol. The second-order valence-electron chi connectivity index (χ2n) is 6.62. The first-order chi connectivity index (χ1) is 12.7. The van der Waals surface area contributed by atoms with Gasteiger partial charge >= 0.3 is 6.03 Å². The summed E-state index contributed by atoms with van der Waals surface area (Å²) in [6.07, 6.45) is 0.766. The van der Waals surface area contributed by atoms with Gasteiger partial charge in [-0.2, -0.15) is 0 Å². The molecule has 1 aliphatic heterocycles. The van der Waals surface area contributed by atoms with Crippen LogP contribution in [-0.4, -0.2) is 35.1 Å². The smallest absolute Gasteiger partial charge is 0.321 e. The molecule has 5 heteroatoms. The summed E-state index contributed by atoms with van der Waals surface area (Å²) in [7, 11) is 0. The summed E-state index contributed by atoms with van der Waals surface area (Å²) in [6, 6.07) is 19.6. The monoisotopic (exact) mass is 347 g/mol. The molecule has 1 aliphatic rings. The SMILES string of the molecule is Cc1cccc(NC(=O)N2CC[C@@H](Oc3ccc4ccccc4n3)C2)c1. The van der Waals surface area contributed by atoms with Crippen molar-refractivity contribution in [3.63, 3.8) is 0 Å². The van der Waals surface area contributed by atoms with E-state index in [1.807, 2.05) is 67.6 Å². The zero-order valence-corrected chi connectivity index (χ0v) is 14.7. The molecule has 1 N–H and O–H groups in total. The van der Waals surface area contributed by atoms with Crippen LogP contribution in [0.3, 0.4) is 0 Å². The van der Waals surface area contributed by atoms with Crippen LogP contribution < -0.4 is 10.1 Å². The van der Waals surface area contributed by atoms with E-state index < -0.39 is 0 Å². The Morgan fingerprint density at radius 2 is 2.04 bits per heavy atom. The number of likely N-dealkylation sites (tertiary alicyclic amines) is 1. The highest BCUT2D eigenvalue weighted by Gasteiger charge is 2.28. The maximum atomic E-state index is 12.4. The highest BCUT2D eigenvalue weighted by atomic mass is 16.5. The van der Waals surface area contributed by atoms with Crippen molar-refractivity contribution in [1.82, 2.24) is 9.88 Å².